The third-order valence-electron chi connectivity index (χ3n) is 5.43. The van der Waals surface area contributed by atoms with Crippen LogP contribution in [0.25, 0.3) is 0 Å². The molecule has 186 valence electrons. The largest absolute Gasteiger partial charge is 0.454 e. The van der Waals surface area contributed by atoms with E-state index >= 15 is 0 Å². The number of rotatable bonds is 8. The number of para-hydroxylation sites is 1. The minimum Gasteiger partial charge on any atom is -0.454 e. The first-order valence-corrected chi connectivity index (χ1v) is 15.1. The van der Waals surface area contributed by atoms with Gasteiger partial charge in [-0.05, 0) is 121 Å². The van der Waals surface area contributed by atoms with Crippen molar-refractivity contribution in [2.24, 2.45) is 5.92 Å². The lowest BCUT2D eigenvalue weighted by molar-refractivity contribution is -0.151. The standard InChI is InChI=1S/C24H22I4N2O5/c1-4-12-7-5-6-8-13(12)29-15(31)10-35-24(34)14(9-11(2)3)30-22(32)16-17(23(30)33)19(26)21(28)20(27)18(16)25/h5-8,11,14H,4,9-10H2,1-3H3,(H,29,31). The molecule has 1 aliphatic rings. The molecule has 0 bridgehead atoms. The quantitative estimate of drug-likeness (QED) is 0.118. The van der Waals surface area contributed by atoms with Crippen LogP contribution >= 0.6 is 90.4 Å². The molecule has 0 saturated carbocycles. The Morgan fingerprint density at radius 1 is 0.943 bits per heavy atom. The van der Waals surface area contributed by atoms with E-state index in [1.807, 2.05) is 39.0 Å². The van der Waals surface area contributed by atoms with Gasteiger partial charge in [0.05, 0.1) is 11.1 Å². The van der Waals surface area contributed by atoms with E-state index in [1.165, 1.54) is 0 Å². The van der Waals surface area contributed by atoms with Crippen LogP contribution in [0.1, 0.15) is 53.5 Å². The van der Waals surface area contributed by atoms with Crippen molar-refractivity contribution in [1.29, 1.82) is 0 Å². The Morgan fingerprint density at radius 2 is 1.49 bits per heavy atom. The summed E-state index contributed by atoms with van der Waals surface area (Å²) >= 11 is 8.46. The van der Waals surface area contributed by atoms with Gasteiger partial charge in [-0.1, -0.05) is 39.0 Å². The zero-order valence-corrected chi connectivity index (χ0v) is 27.7. The highest BCUT2D eigenvalue weighted by molar-refractivity contribution is 14.1. The molecule has 1 heterocycles. The average Bonchev–Trinajstić information content (AvgIpc) is 3.08. The second-order valence-electron chi connectivity index (χ2n) is 8.30. The lowest BCUT2D eigenvalue weighted by Gasteiger charge is -2.26. The Balaban J connectivity index is 1.82. The minimum atomic E-state index is -1.12. The molecule has 2 aromatic rings. The Kier molecular flexibility index (Phi) is 10.2. The number of hydrogen-bond donors (Lipinski definition) is 1. The molecular formula is C24H22I4N2O5. The molecule has 0 spiro atoms. The Morgan fingerprint density at radius 3 is 2.00 bits per heavy atom. The fraction of sp³-hybridized carbons (Fsp3) is 0.333. The maximum absolute atomic E-state index is 13.4. The summed E-state index contributed by atoms with van der Waals surface area (Å²) < 4.78 is 8.48. The number of ether oxygens (including phenoxy) is 1. The third-order valence-corrected chi connectivity index (χ3v) is 12.8. The van der Waals surface area contributed by atoms with Gasteiger partial charge in [0.2, 0.25) is 0 Å². The van der Waals surface area contributed by atoms with Crippen molar-refractivity contribution in [3.63, 3.8) is 0 Å². The van der Waals surface area contributed by atoms with Crippen molar-refractivity contribution in [2.75, 3.05) is 11.9 Å². The first-order chi connectivity index (χ1) is 16.5. The molecule has 3 rings (SSSR count). The summed E-state index contributed by atoms with van der Waals surface area (Å²) in [5, 5.41) is 2.76. The molecule has 0 saturated heterocycles. The van der Waals surface area contributed by atoms with Gasteiger partial charge in [-0.2, -0.15) is 0 Å². The summed E-state index contributed by atoms with van der Waals surface area (Å²) in [6, 6.07) is 6.27. The molecule has 0 fully saturated rings. The second-order valence-corrected chi connectivity index (χ2v) is 12.6. The molecule has 0 aliphatic carbocycles. The minimum absolute atomic E-state index is 0.000496. The van der Waals surface area contributed by atoms with Crippen LogP contribution in [-0.2, 0) is 20.7 Å². The number of amides is 3. The lowest BCUT2D eigenvalue weighted by Crippen LogP contribution is -2.47. The zero-order chi connectivity index (χ0) is 26.0. The highest BCUT2D eigenvalue weighted by atomic mass is 127. The van der Waals surface area contributed by atoms with E-state index in [0.717, 1.165) is 24.0 Å². The SMILES string of the molecule is CCc1ccccc1NC(=O)COC(=O)C(CC(C)C)N1C(=O)c2c(I)c(I)c(I)c(I)c2C1=O. The van der Waals surface area contributed by atoms with Crippen LogP contribution in [0.5, 0.6) is 0 Å². The summed E-state index contributed by atoms with van der Waals surface area (Å²) in [4.78, 5) is 53.5. The van der Waals surface area contributed by atoms with Crippen LogP contribution in [0.15, 0.2) is 24.3 Å². The molecule has 2 aromatic carbocycles. The van der Waals surface area contributed by atoms with Gasteiger partial charge in [-0.15, -0.1) is 0 Å². The number of carbonyl (C=O) groups excluding carboxylic acids is 4. The van der Waals surface area contributed by atoms with Gasteiger partial charge in [0, 0.05) is 20.0 Å². The Labute approximate surface area is 258 Å². The number of carbonyl (C=O) groups is 4. The van der Waals surface area contributed by atoms with Gasteiger partial charge in [-0.25, -0.2) is 4.79 Å². The summed E-state index contributed by atoms with van der Waals surface area (Å²) in [6.45, 7) is 5.26. The number of benzene rings is 2. The number of nitrogens with one attached hydrogen (secondary N) is 1. The molecule has 3 amide bonds. The van der Waals surface area contributed by atoms with Gasteiger partial charge in [0.15, 0.2) is 6.61 Å². The molecule has 35 heavy (non-hydrogen) atoms. The summed E-state index contributed by atoms with van der Waals surface area (Å²) in [5.41, 5.74) is 2.26. The van der Waals surface area contributed by atoms with Gasteiger partial charge in [-0.3, -0.25) is 19.3 Å². The highest BCUT2D eigenvalue weighted by Crippen LogP contribution is 2.38. The zero-order valence-electron chi connectivity index (χ0n) is 19.1. The van der Waals surface area contributed by atoms with Crippen LogP contribution in [0.3, 0.4) is 0 Å². The van der Waals surface area contributed by atoms with E-state index in [9.17, 15) is 19.2 Å². The van der Waals surface area contributed by atoms with E-state index in [0.29, 0.717) is 24.0 Å². The fourth-order valence-corrected chi connectivity index (χ4v) is 7.42. The van der Waals surface area contributed by atoms with E-state index in [4.69, 9.17) is 4.74 Å². The monoisotopic (exact) mass is 926 g/mol. The van der Waals surface area contributed by atoms with Crippen molar-refractivity contribution >= 4 is 120 Å². The average molecular weight is 926 g/mol. The predicted octanol–water partition coefficient (Wildman–Crippen LogP) is 5.86. The molecule has 1 unspecified atom stereocenters. The smallest absolute Gasteiger partial charge is 0.329 e. The topological polar surface area (TPSA) is 92.8 Å². The maximum atomic E-state index is 13.4. The Hall–Kier alpha value is -0.560. The number of aryl methyl sites for hydroxylation is 1. The number of anilines is 1. The molecule has 0 aromatic heterocycles. The summed E-state index contributed by atoms with van der Waals surface area (Å²) in [7, 11) is 0. The van der Waals surface area contributed by atoms with Crippen LogP contribution in [0.4, 0.5) is 5.69 Å². The molecule has 1 atom stereocenters. The summed E-state index contributed by atoms with van der Waals surface area (Å²) in [5.74, 6) is -2.28. The highest BCUT2D eigenvalue weighted by Gasteiger charge is 2.47. The van der Waals surface area contributed by atoms with Crippen molar-refractivity contribution in [3.05, 3.63) is 55.2 Å². The molecule has 1 N–H and O–H groups in total. The van der Waals surface area contributed by atoms with Crippen molar-refractivity contribution in [1.82, 2.24) is 4.90 Å². The number of fused-ring (bicyclic) bond motifs is 1. The summed E-state index contributed by atoms with van der Waals surface area (Å²) in [6.07, 6.45) is 0.966. The Bertz CT molecular complexity index is 1170. The van der Waals surface area contributed by atoms with Crippen LogP contribution < -0.4 is 5.32 Å². The number of imide groups is 1. The van der Waals surface area contributed by atoms with E-state index in [-0.39, 0.29) is 12.3 Å². The van der Waals surface area contributed by atoms with Gasteiger partial charge in [0.25, 0.3) is 17.7 Å². The first kappa shape index (κ1) is 29.0. The van der Waals surface area contributed by atoms with Gasteiger partial charge < -0.3 is 10.1 Å². The van der Waals surface area contributed by atoms with E-state index < -0.39 is 36.3 Å². The van der Waals surface area contributed by atoms with Crippen molar-refractivity contribution in [3.8, 4) is 0 Å². The third kappa shape index (κ3) is 6.13. The predicted molar refractivity (Wildman–Crippen MR) is 166 cm³/mol. The van der Waals surface area contributed by atoms with Crippen LogP contribution in [0.2, 0.25) is 0 Å². The van der Waals surface area contributed by atoms with Crippen LogP contribution in [-0.4, -0.2) is 41.2 Å². The van der Waals surface area contributed by atoms with Crippen molar-refractivity contribution in [2.45, 2.75) is 39.7 Å². The first-order valence-electron chi connectivity index (χ1n) is 10.8. The molecular weight excluding hydrogens is 904 g/mol. The van der Waals surface area contributed by atoms with Crippen molar-refractivity contribution < 1.29 is 23.9 Å². The maximum Gasteiger partial charge on any atom is 0.329 e. The van der Waals surface area contributed by atoms with Crippen LogP contribution in [0, 0.1) is 20.2 Å². The molecule has 1 aliphatic heterocycles. The second kappa shape index (κ2) is 12.3. The normalized spacial score (nSPS) is 13.8. The number of halogens is 4. The number of nitrogens with zero attached hydrogens (tertiary/aromatic N) is 1. The number of hydrogen-bond acceptors (Lipinski definition) is 5. The van der Waals surface area contributed by atoms with Gasteiger partial charge in [0.1, 0.15) is 6.04 Å². The van der Waals surface area contributed by atoms with E-state index in [1.54, 1.807) is 6.07 Å². The molecule has 0 radical (unpaired) electrons. The van der Waals surface area contributed by atoms with E-state index in [2.05, 4.69) is 95.7 Å². The molecule has 7 nitrogen and oxygen atoms in total. The lowest BCUT2D eigenvalue weighted by atomic mass is 10.0. The fourth-order valence-electron chi connectivity index (χ4n) is 3.77. The van der Waals surface area contributed by atoms with Gasteiger partial charge >= 0.3 is 5.97 Å². The number of esters is 1. The molecule has 11 heteroatoms.